The van der Waals surface area contributed by atoms with Gasteiger partial charge in [0.1, 0.15) is 30.1 Å². The number of fused-ring (bicyclic) bond motifs is 1. The standard InChI is InChI=1S/C22H29N5O7/c1-4-5-6-9-32-21(31)26-19-14-7-8-16(27(14)25-12-24-19)22(11-23)18(29)17(15(10-28)34-22)33-20(30)13(2)3/h7-8,12-13,15,17-18,28-29H,4-6,9-10H2,1-3H3,(H,24,25,26,31). The Balaban J connectivity index is 1.90. The number of carbonyl (C=O) groups is 2. The Kier molecular flexibility index (Phi) is 8.03. The number of hydrogen-bond donors (Lipinski definition) is 3. The summed E-state index contributed by atoms with van der Waals surface area (Å²) in [4.78, 5) is 28.3. The second-order valence-electron chi connectivity index (χ2n) is 8.28. The van der Waals surface area contributed by atoms with Crippen LogP contribution in [0, 0.1) is 17.2 Å². The molecule has 4 atom stereocenters. The largest absolute Gasteiger partial charge is 0.456 e. The molecular weight excluding hydrogens is 446 g/mol. The van der Waals surface area contributed by atoms with Crippen molar-refractivity contribution < 1.29 is 34.0 Å². The molecule has 3 N–H and O–H groups in total. The average molecular weight is 476 g/mol. The number of ether oxygens (including phenoxy) is 3. The van der Waals surface area contributed by atoms with Crippen LogP contribution >= 0.6 is 0 Å². The van der Waals surface area contributed by atoms with E-state index in [2.05, 4.69) is 15.4 Å². The first-order chi connectivity index (χ1) is 16.3. The molecule has 0 aliphatic carbocycles. The highest BCUT2D eigenvalue weighted by Crippen LogP contribution is 2.41. The molecule has 184 valence electrons. The maximum Gasteiger partial charge on any atom is 0.412 e. The number of hydrogen-bond acceptors (Lipinski definition) is 10. The molecule has 3 rings (SSSR count). The van der Waals surface area contributed by atoms with E-state index in [1.807, 2.05) is 13.0 Å². The predicted octanol–water partition coefficient (Wildman–Crippen LogP) is 1.51. The van der Waals surface area contributed by atoms with E-state index in [0.717, 1.165) is 25.6 Å². The quantitative estimate of drug-likeness (QED) is 0.357. The summed E-state index contributed by atoms with van der Waals surface area (Å²) in [5.41, 5.74) is -1.58. The van der Waals surface area contributed by atoms with Gasteiger partial charge in [0.15, 0.2) is 11.9 Å². The maximum atomic E-state index is 12.1. The molecule has 1 aliphatic rings. The van der Waals surface area contributed by atoms with Gasteiger partial charge in [-0.05, 0) is 18.6 Å². The molecule has 1 saturated heterocycles. The van der Waals surface area contributed by atoms with Gasteiger partial charge in [-0.1, -0.05) is 33.6 Å². The molecule has 1 aliphatic heterocycles. The Hall–Kier alpha value is -3.27. The van der Waals surface area contributed by atoms with Gasteiger partial charge < -0.3 is 24.4 Å². The number of anilines is 1. The number of unbranched alkanes of at least 4 members (excludes halogenated alkanes) is 2. The first-order valence-electron chi connectivity index (χ1n) is 11.1. The monoisotopic (exact) mass is 475 g/mol. The molecule has 12 heteroatoms. The molecule has 1 fully saturated rings. The number of aliphatic hydroxyl groups is 2. The first-order valence-corrected chi connectivity index (χ1v) is 11.1. The van der Waals surface area contributed by atoms with Gasteiger partial charge in [0.2, 0.25) is 5.60 Å². The number of esters is 1. The van der Waals surface area contributed by atoms with Crippen LogP contribution in [0.3, 0.4) is 0 Å². The van der Waals surface area contributed by atoms with Crippen molar-refractivity contribution in [1.29, 1.82) is 5.26 Å². The second kappa shape index (κ2) is 10.8. The lowest BCUT2D eigenvalue weighted by atomic mass is 9.92. The first kappa shape index (κ1) is 25.4. The van der Waals surface area contributed by atoms with Crippen molar-refractivity contribution in [3.63, 3.8) is 0 Å². The van der Waals surface area contributed by atoms with E-state index in [0.29, 0.717) is 5.52 Å². The molecule has 0 saturated carbocycles. The minimum atomic E-state index is -2.01. The molecule has 0 aromatic carbocycles. The number of amides is 1. The fraction of sp³-hybridized carbons (Fsp3) is 0.591. The van der Waals surface area contributed by atoms with Gasteiger partial charge in [0, 0.05) is 0 Å². The fourth-order valence-electron chi connectivity index (χ4n) is 3.68. The van der Waals surface area contributed by atoms with Crippen molar-refractivity contribution in [1.82, 2.24) is 14.6 Å². The molecule has 0 bridgehead atoms. The molecule has 0 spiro atoms. The van der Waals surface area contributed by atoms with Crippen molar-refractivity contribution in [2.75, 3.05) is 18.5 Å². The number of nitrogens with one attached hydrogen (secondary N) is 1. The molecule has 3 heterocycles. The number of aromatic nitrogens is 3. The van der Waals surface area contributed by atoms with Gasteiger partial charge in [-0.15, -0.1) is 0 Å². The van der Waals surface area contributed by atoms with E-state index in [-0.39, 0.29) is 18.1 Å². The van der Waals surface area contributed by atoms with Gasteiger partial charge in [-0.3, -0.25) is 10.1 Å². The fourth-order valence-corrected chi connectivity index (χ4v) is 3.68. The third-order valence-electron chi connectivity index (χ3n) is 5.54. The Labute approximate surface area is 196 Å². The number of nitrogens with zero attached hydrogens (tertiary/aromatic N) is 4. The van der Waals surface area contributed by atoms with E-state index < -0.39 is 48.5 Å². The molecule has 12 nitrogen and oxygen atoms in total. The lowest BCUT2D eigenvalue weighted by Crippen LogP contribution is -2.43. The van der Waals surface area contributed by atoms with E-state index in [1.54, 1.807) is 19.9 Å². The maximum absolute atomic E-state index is 12.1. The summed E-state index contributed by atoms with van der Waals surface area (Å²) in [7, 11) is 0. The van der Waals surface area contributed by atoms with E-state index in [9.17, 15) is 25.1 Å². The third kappa shape index (κ3) is 4.82. The van der Waals surface area contributed by atoms with Crippen molar-refractivity contribution in [3.05, 3.63) is 24.2 Å². The second-order valence-corrected chi connectivity index (χ2v) is 8.28. The van der Waals surface area contributed by atoms with Crippen molar-refractivity contribution >= 4 is 23.4 Å². The Morgan fingerprint density at radius 1 is 1.38 bits per heavy atom. The predicted molar refractivity (Wildman–Crippen MR) is 117 cm³/mol. The van der Waals surface area contributed by atoms with Gasteiger partial charge in [0.25, 0.3) is 0 Å². The summed E-state index contributed by atoms with van der Waals surface area (Å²) in [5, 5.41) is 37.5. The zero-order chi connectivity index (χ0) is 24.9. The number of aliphatic hydroxyl groups excluding tert-OH is 2. The zero-order valence-corrected chi connectivity index (χ0v) is 19.3. The average Bonchev–Trinajstić information content (AvgIpc) is 3.37. The topological polar surface area (TPSA) is 168 Å². The van der Waals surface area contributed by atoms with Gasteiger partial charge in [-0.25, -0.2) is 14.3 Å². The van der Waals surface area contributed by atoms with Gasteiger partial charge in [0.05, 0.1) is 24.8 Å². The summed E-state index contributed by atoms with van der Waals surface area (Å²) in [5.74, 6) is -0.962. The highest BCUT2D eigenvalue weighted by atomic mass is 16.6. The van der Waals surface area contributed by atoms with Crippen molar-refractivity contribution in [3.8, 4) is 6.07 Å². The van der Waals surface area contributed by atoms with E-state index in [1.165, 1.54) is 10.6 Å². The minimum Gasteiger partial charge on any atom is -0.456 e. The smallest absolute Gasteiger partial charge is 0.412 e. The molecule has 0 radical (unpaired) electrons. The SMILES string of the molecule is CCCCCOC(=O)Nc1ncnn2c(C3(C#N)OC(CO)C(OC(=O)C(C)C)C3O)ccc12. The molecule has 34 heavy (non-hydrogen) atoms. The van der Waals surface area contributed by atoms with Crippen LogP contribution in [0.25, 0.3) is 5.52 Å². The van der Waals surface area contributed by atoms with Crippen molar-refractivity contribution in [2.24, 2.45) is 5.92 Å². The summed E-state index contributed by atoms with van der Waals surface area (Å²) < 4.78 is 17.5. The van der Waals surface area contributed by atoms with Gasteiger partial charge >= 0.3 is 12.1 Å². The third-order valence-corrected chi connectivity index (χ3v) is 5.54. The van der Waals surface area contributed by atoms with Gasteiger partial charge in [-0.2, -0.15) is 10.4 Å². The highest BCUT2D eigenvalue weighted by Gasteiger charge is 2.59. The molecule has 4 unspecified atom stereocenters. The summed E-state index contributed by atoms with van der Waals surface area (Å²) in [6, 6.07) is 4.97. The normalized spacial score (nSPS) is 24.2. The van der Waals surface area contributed by atoms with Crippen molar-refractivity contribution in [2.45, 2.75) is 63.9 Å². The van der Waals surface area contributed by atoms with E-state index in [4.69, 9.17) is 14.2 Å². The lowest BCUT2D eigenvalue weighted by Gasteiger charge is -2.25. The highest BCUT2D eigenvalue weighted by molar-refractivity contribution is 5.88. The molecule has 2 aromatic heterocycles. The molecule has 1 amide bonds. The summed E-state index contributed by atoms with van der Waals surface area (Å²) in [6.07, 6.45) is -0.884. The number of rotatable bonds is 9. The van der Waals surface area contributed by atoms with Crippen LogP contribution in [0.2, 0.25) is 0 Å². The number of carbonyl (C=O) groups excluding carboxylic acids is 2. The van der Waals surface area contributed by atoms with Crippen LogP contribution in [-0.2, 0) is 24.6 Å². The Morgan fingerprint density at radius 2 is 2.15 bits per heavy atom. The molecule has 2 aromatic rings. The molecular formula is C22H29N5O7. The zero-order valence-electron chi connectivity index (χ0n) is 19.3. The van der Waals surface area contributed by atoms with E-state index >= 15 is 0 Å². The van der Waals surface area contributed by atoms with Crippen LogP contribution in [0.4, 0.5) is 10.6 Å². The Bertz CT molecular complexity index is 1070. The number of nitriles is 1. The van der Waals surface area contributed by atoms with Crippen LogP contribution in [0.5, 0.6) is 0 Å². The summed E-state index contributed by atoms with van der Waals surface area (Å²) >= 11 is 0. The minimum absolute atomic E-state index is 0.112. The lowest BCUT2D eigenvalue weighted by molar-refractivity contribution is -0.160. The van der Waals surface area contributed by atoms with Crippen LogP contribution < -0.4 is 5.32 Å². The van der Waals surface area contributed by atoms with Crippen LogP contribution in [0.1, 0.15) is 45.7 Å². The van der Waals surface area contributed by atoms with Crippen LogP contribution in [0.15, 0.2) is 18.5 Å². The Morgan fingerprint density at radius 3 is 2.79 bits per heavy atom. The summed E-state index contributed by atoms with van der Waals surface area (Å²) in [6.45, 7) is 4.96. The van der Waals surface area contributed by atoms with Crippen LogP contribution in [-0.4, -0.2) is 68.4 Å².